The Bertz CT molecular complexity index is 730. The van der Waals surface area contributed by atoms with E-state index in [9.17, 15) is 8.78 Å². The number of furan rings is 1. The fourth-order valence-corrected chi connectivity index (χ4v) is 2.30. The number of H-pyrrole nitrogens is 1. The van der Waals surface area contributed by atoms with E-state index in [-0.39, 0.29) is 5.82 Å². The van der Waals surface area contributed by atoms with Crippen molar-refractivity contribution in [2.24, 2.45) is 0 Å². The number of nitrogens with two attached hydrogens (primary N) is 1. The number of aromatic nitrogens is 2. The molecule has 3 rings (SSSR count). The summed E-state index contributed by atoms with van der Waals surface area (Å²) in [6.07, 6.45) is 2.81. The lowest BCUT2D eigenvalue weighted by atomic mass is 10.0. The zero-order chi connectivity index (χ0) is 14.8. The van der Waals surface area contributed by atoms with Gasteiger partial charge in [0.25, 0.3) is 0 Å². The van der Waals surface area contributed by atoms with Crippen molar-refractivity contribution in [3.05, 3.63) is 59.7 Å². The molecule has 3 aromatic rings. The van der Waals surface area contributed by atoms with Gasteiger partial charge >= 0.3 is 0 Å². The molecular weight excluding hydrogens is 276 g/mol. The molecule has 0 fully saturated rings. The van der Waals surface area contributed by atoms with Crippen molar-refractivity contribution in [2.75, 3.05) is 5.73 Å². The van der Waals surface area contributed by atoms with Gasteiger partial charge in [-0.1, -0.05) is 0 Å². The van der Waals surface area contributed by atoms with Crippen molar-refractivity contribution in [3.63, 3.8) is 0 Å². The van der Waals surface area contributed by atoms with Crippen LogP contribution in [0.1, 0.15) is 11.5 Å². The van der Waals surface area contributed by atoms with E-state index in [1.807, 2.05) is 6.07 Å². The molecule has 0 bridgehead atoms. The monoisotopic (exact) mass is 289 g/mol. The molecule has 0 unspecified atom stereocenters. The molecule has 0 aliphatic carbocycles. The van der Waals surface area contributed by atoms with Gasteiger partial charge in [-0.2, -0.15) is 5.10 Å². The van der Waals surface area contributed by atoms with E-state index in [1.54, 1.807) is 12.3 Å². The lowest BCUT2D eigenvalue weighted by molar-refractivity contribution is 0.507. The maximum atomic E-state index is 13.4. The largest absolute Gasteiger partial charge is 0.469 e. The van der Waals surface area contributed by atoms with E-state index in [1.165, 1.54) is 12.1 Å². The van der Waals surface area contributed by atoms with Crippen molar-refractivity contribution in [1.82, 2.24) is 10.2 Å². The Morgan fingerprint density at radius 2 is 1.90 bits per heavy atom. The first-order valence-corrected chi connectivity index (χ1v) is 6.45. The minimum absolute atomic E-state index is 0.217. The smallest absolute Gasteiger partial charge is 0.153 e. The van der Waals surface area contributed by atoms with Crippen LogP contribution in [0.5, 0.6) is 0 Å². The van der Waals surface area contributed by atoms with Gasteiger partial charge in [-0.05, 0) is 36.2 Å². The van der Waals surface area contributed by atoms with E-state index >= 15 is 0 Å². The molecule has 0 atom stereocenters. The van der Waals surface area contributed by atoms with E-state index in [0.717, 1.165) is 11.8 Å². The highest BCUT2D eigenvalue weighted by atomic mass is 19.1. The number of aryl methyl sites for hydroxylation is 2. The summed E-state index contributed by atoms with van der Waals surface area (Å²) in [5.74, 6) is -0.265. The first kappa shape index (κ1) is 13.4. The molecule has 0 amide bonds. The minimum atomic E-state index is -0.650. The van der Waals surface area contributed by atoms with E-state index < -0.39 is 11.6 Å². The molecule has 2 aromatic heterocycles. The predicted molar refractivity (Wildman–Crippen MR) is 74.5 cm³/mol. The molecule has 108 valence electrons. The Labute approximate surface area is 119 Å². The van der Waals surface area contributed by atoms with Crippen molar-refractivity contribution in [1.29, 1.82) is 0 Å². The second-order valence-corrected chi connectivity index (χ2v) is 4.70. The molecule has 4 nitrogen and oxygen atoms in total. The maximum Gasteiger partial charge on any atom is 0.153 e. The van der Waals surface area contributed by atoms with Crippen LogP contribution in [-0.2, 0) is 12.8 Å². The Balaban J connectivity index is 1.92. The molecular formula is C15H13F2N3O. The number of anilines is 1. The van der Waals surface area contributed by atoms with Gasteiger partial charge in [0.05, 0.1) is 6.26 Å². The van der Waals surface area contributed by atoms with Crippen LogP contribution in [0.25, 0.3) is 11.1 Å². The van der Waals surface area contributed by atoms with Crippen molar-refractivity contribution in [3.8, 4) is 11.1 Å². The van der Waals surface area contributed by atoms with Gasteiger partial charge in [0.1, 0.15) is 17.4 Å². The predicted octanol–water partition coefficient (Wildman–Crippen LogP) is 3.32. The summed E-state index contributed by atoms with van der Waals surface area (Å²) in [5, 5.41) is 6.74. The summed E-state index contributed by atoms with van der Waals surface area (Å²) >= 11 is 0. The van der Waals surface area contributed by atoms with Crippen LogP contribution < -0.4 is 5.73 Å². The quantitative estimate of drug-likeness (QED) is 0.774. The Morgan fingerprint density at radius 3 is 2.57 bits per heavy atom. The first-order valence-electron chi connectivity index (χ1n) is 6.45. The lowest BCUT2D eigenvalue weighted by Gasteiger charge is -2.05. The molecule has 0 radical (unpaired) electrons. The van der Waals surface area contributed by atoms with Crippen LogP contribution in [0.2, 0.25) is 0 Å². The third-order valence-electron chi connectivity index (χ3n) is 3.22. The second-order valence-electron chi connectivity index (χ2n) is 4.70. The van der Waals surface area contributed by atoms with Gasteiger partial charge in [0, 0.05) is 23.7 Å². The number of nitrogens with zero attached hydrogens (tertiary/aromatic N) is 1. The average molecular weight is 289 g/mol. The minimum Gasteiger partial charge on any atom is -0.469 e. The Kier molecular flexibility index (Phi) is 3.43. The molecule has 6 heteroatoms. The number of hydrogen-bond acceptors (Lipinski definition) is 3. The molecule has 0 aliphatic rings. The number of benzene rings is 1. The number of rotatable bonds is 4. The normalized spacial score (nSPS) is 11.0. The number of aromatic amines is 1. The van der Waals surface area contributed by atoms with Gasteiger partial charge in [-0.15, -0.1) is 0 Å². The van der Waals surface area contributed by atoms with Crippen LogP contribution >= 0.6 is 0 Å². The second kappa shape index (κ2) is 5.40. The van der Waals surface area contributed by atoms with Gasteiger partial charge in [0.15, 0.2) is 5.82 Å². The third kappa shape index (κ3) is 2.79. The fraction of sp³-hybridized carbons (Fsp3) is 0.133. The van der Waals surface area contributed by atoms with Crippen molar-refractivity contribution >= 4 is 5.82 Å². The van der Waals surface area contributed by atoms with Gasteiger partial charge in [-0.3, -0.25) is 5.10 Å². The summed E-state index contributed by atoms with van der Waals surface area (Å²) in [6, 6.07) is 6.96. The average Bonchev–Trinajstić information content (AvgIpc) is 3.04. The summed E-state index contributed by atoms with van der Waals surface area (Å²) in [7, 11) is 0. The van der Waals surface area contributed by atoms with E-state index in [0.29, 0.717) is 29.7 Å². The number of hydrogen-bond donors (Lipinski definition) is 2. The van der Waals surface area contributed by atoms with Crippen LogP contribution in [0.15, 0.2) is 41.0 Å². The Morgan fingerprint density at radius 1 is 1.14 bits per heavy atom. The highest BCUT2D eigenvalue weighted by molar-refractivity contribution is 5.76. The summed E-state index contributed by atoms with van der Waals surface area (Å²) in [6.45, 7) is 0. The summed E-state index contributed by atoms with van der Waals surface area (Å²) < 4.78 is 32.0. The molecule has 21 heavy (non-hydrogen) atoms. The molecule has 2 heterocycles. The first-order chi connectivity index (χ1) is 10.1. The number of nitrogens with one attached hydrogen (secondary N) is 1. The topological polar surface area (TPSA) is 67.8 Å². The standard InChI is InChI=1S/C15H13F2N3O/c16-10-6-9(7-11(17)8-10)14-13(19-20-15(14)18)4-3-12-2-1-5-21-12/h1-2,5-8H,3-4H2,(H3,18,19,20). The molecule has 3 N–H and O–H groups in total. The molecule has 0 aliphatic heterocycles. The van der Waals surface area contributed by atoms with E-state index in [4.69, 9.17) is 10.2 Å². The van der Waals surface area contributed by atoms with Crippen LogP contribution in [0.3, 0.4) is 0 Å². The Hall–Kier alpha value is -2.63. The highest BCUT2D eigenvalue weighted by Gasteiger charge is 2.15. The molecule has 0 spiro atoms. The third-order valence-corrected chi connectivity index (χ3v) is 3.22. The zero-order valence-corrected chi connectivity index (χ0v) is 11.1. The zero-order valence-electron chi connectivity index (χ0n) is 11.1. The van der Waals surface area contributed by atoms with Crippen molar-refractivity contribution < 1.29 is 13.2 Å². The molecule has 0 saturated heterocycles. The van der Waals surface area contributed by atoms with Crippen LogP contribution in [0.4, 0.5) is 14.6 Å². The van der Waals surface area contributed by atoms with Gasteiger partial charge < -0.3 is 10.2 Å². The van der Waals surface area contributed by atoms with Gasteiger partial charge in [0.2, 0.25) is 0 Å². The SMILES string of the molecule is Nc1n[nH]c(CCc2ccco2)c1-c1cc(F)cc(F)c1. The number of nitrogen functional groups attached to an aromatic ring is 1. The van der Waals surface area contributed by atoms with Crippen LogP contribution in [-0.4, -0.2) is 10.2 Å². The lowest BCUT2D eigenvalue weighted by Crippen LogP contribution is -1.95. The van der Waals surface area contributed by atoms with E-state index in [2.05, 4.69) is 10.2 Å². The molecule has 0 saturated carbocycles. The van der Waals surface area contributed by atoms with Gasteiger partial charge in [-0.25, -0.2) is 8.78 Å². The maximum absolute atomic E-state index is 13.4. The van der Waals surface area contributed by atoms with Crippen molar-refractivity contribution in [2.45, 2.75) is 12.8 Å². The summed E-state index contributed by atoms with van der Waals surface area (Å²) in [5.41, 5.74) is 7.42. The van der Waals surface area contributed by atoms with Crippen LogP contribution in [0, 0.1) is 11.6 Å². The molecule has 1 aromatic carbocycles. The number of halogens is 2. The highest BCUT2D eigenvalue weighted by Crippen LogP contribution is 2.30. The summed E-state index contributed by atoms with van der Waals surface area (Å²) in [4.78, 5) is 0. The fourth-order valence-electron chi connectivity index (χ4n) is 2.30.